The van der Waals surface area contributed by atoms with E-state index in [4.69, 9.17) is 0 Å². The first-order valence-electron chi connectivity index (χ1n) is 10.0. The molecule has 2 fully saturated rings. The van der Waals surface area contributed by atoms with Crippen molar-refractivity contribution in [3.05, 3.63) is 42.2 Å². The Labute approximate surface area is 161 Å². The smallest absolute Gasteiger partial charge is 0.225 e. The van der Waals surface area contributed by atoms with Gasteiger partial charge in [0.1, 0.15) is 0 Å². The number of carbonyl (C=O) groups excluding carboxylic acids is 1. The Morgan fingerprint density at radius 3 is 2.33 bits per heavy atom. The van der Waals surface area contributed by atoms with Crippen molar-refractivity contribution in [1.82, 2.24) is 15.3 Å². The first-order valence-corrected chi connectivity index (χ1v) is 10.0. The van der Waals surface area contributed by atoms with E-state index in [1.54, 1.807) is 6.92 Å². The van der Waals surface area contributed by atoms with E-state index in [9.17, 15) is 4.79 Å². The molecule has 1 saturated carbocycles. The highest BCUT2D eigenvalue weighted by atomic mass is 16.1. The van der Waals surface area contributed by atoms with Crippen molar-refractivity contribution in [2.24, 2.45) is 11.8 Å². The molecule has 0 radical (unpaired) electrons. The summed E-state index contributed by atoms with van der Waals surface area (Å²) in [6, 6.07) is 8.57. The average Bonchev–Trinajstić information content (AvgIpc) is 3.24. The zero-order valence-electron chi connectivity index (χ0n) is 16.2. The molecule has 5 nitrogen and oxygen atoms in total. The van der Waals surface area contributed by atoms with Crippen LogP contribution in [-0.4, -0.2) is 35.0 Å². The molecule has 3 atom stereocenters. The molecule has 0 bridgehead atoms. The summed E-state index contributed by atoms with van der Waals surface area (Å²) < 4.78 is 0. The Morgan fingerprint density at radius 1 is 1.11 bits per heavy atom. The van der Waals surface area contributed by atoms with Gasteiger partial charge >= 0.3 is 0 Å². The summed E-state index contributed by atoms with van der Waals surface area (Å²) in [6.07, 6.45) is 8.82. The van der Waals surface area contributed by atoms with Crippen molar-refractivity contribution in [2.75, 3.05) is 18.0 Å². The summed E-state index contributed by atoms with van der Waals surface area (Å²) in [4.78, 5) is 22.8. The summed E-state index contributed by atoms with van der Waals surface area (Å²) in [5.74, 6) is 2.58. The number of nitrogens with zero attached hydrogens (tertiary/aromatic N) is 3. The van der Waals surface area contributed by atoms with Gasteiger partial charge in [0.2, 0.25) is 11.9 Å². The van der Waals surface area contributed by atoms with Crippen molar-refractivity contribution < 1.29 is 4.79 Å². The number of aromatic nitrogens is 2. The van der Waals surface area contributed by atoms with E-state index in [0.29, 0.717) is 0 Å². The largest absolute Gasteiger partial charge is 0.354 e. The van der Waals surface area contributed by atoms with Crippen LogP contribution in [0.2, 0.25) is 0 Å². The van der Waals surface area contributed by atoms with Gasteiger partial charge in [0.15, 0.2) is 0 Å². The minimum Gasteiger partial charge on any atom is -0.354 e. The number of rotatable bonds is 5. The van der Waals surface area contributed by atoms with E-state index in [0.717, 1.165) is 48.4 Å². The third-order valence-electron chi connectivity index (χ3n) is 5.93. The van der Waals surface area contributed by atoms with Gasteiger partial charge in [0.25, 0.3) is 0 Å². The monoisotopic (exact) mass is 364 g/mol. The molecule has 142 valence electrons. The van der Waals surface area contributed by atoms with Crippen molar-refractivity contribution in [2.45, 2.75) is 45.6 Å². The maximum atomic E-state index is 11.1. The van der Waals surface area contributed by atoms with Gasteiger partial charge in [-0.05, 0) is 49.1 Å². The molecule has 1 aromatic heterocycles. The Hall–Kier alpha value is -2.43. The van der Waals surface area contributed by atoms with Crippen LogP contribution in [0.1, 0.15) is 38.7 Å². The average molecular weight is 364 g/mol. The highest BCUT2D eigenvalue weighted by Gasteiger charge is 2.36. The van der Waals surface area contributed by atoms with Gasteiger partial charge in [-0.1, -0.05) is 30.7 Å². The van der Waals surface area contributed by atoms with Gasteiger partial charge in [-0.3, -0.25) is 4.79 Å². The van der Waals surface area contributed by atoms with Crippen LogP contribution in [0.4, 0.5) is 5.95 Å². The van der Waals surface area contributed by atoms with E-state index in [1.807, 2.05) is 19.3 Å². The zero-order valence-corrected chi connectivity index (χ0v) is 16.2. The molecule has 5 heteroatoms. The molecule has 1 aliphatic heterocycles. The molecule has 0 spiro atoms. The van der Waals surface area contributed by atoms with E-state index < -0.39 is 0 Å². The molecule has 1 aliphatic carbocycles. The fourth-order valence-electron chi connectivity index (χ4n) is 4.62. The lowest BCUT2D eigenvalue weighted by atomic mass is 10.0. The standard InChI is InChI=1S/C22H28N4O/c1-15(25-16(2)27)10-17-6-8-18(9-7-17)21-11-23-22(24-12-21)26-13-19-4-3-5-20(19)14-26/h6-9,11-12,15,19-20H,3-5,10,13-14H2,1-2H3,(H,25,27). The molecule has 4 rings (SSSR count). The van der Waals surface area contributed by atoms with E-state index >= 15 is 0 Å². The molecule has 1 saturated heterocycles. The summed E-state index contributed by atoms with van der Waals surface area (Å²) in [5.41, 5.74) is 3.37. The molecule has 3 unspecified atom stereocenters. The fraction of sp³-hybridized carbons (Fsp3) is 0.500. The zero-order chi connectivity index (χ0) is 18.8. The van der Waals surface area contributed by atoms with Crippen LogP contribution in [0.25, 0.3) is 11.1 Å². The molecule has 1 N–H and O–H groups in total. The van der Waals surface area contributed by atoms with Crippen molar-refractivity contribution in [3.8, 4) is 11.1 Å². The Balaban J connectivity index is 1.39. The molecule has 2 aliphatic rings. The molecular formula is C22H28N4O. The second kappa shape index (κ2) is 7.67. The van der Waals surface area contributed by atoms with E-state index in [1.165, 1.54) is 24.8 Å². The molecule has 27 heavy (non-hydrogen) atoms. The van der Waals surface area contributed by atoms with E-state index in [-0.39, 0.29) is 11.9 Å². The molecule has 2 aromatic rings. The maximum absolute atomic E-state index is 11.1. The van der Waals surface area contributed by atoms with E-state index in [2.05, 4.69) is 44.5 Å². The lowest BCUT2D eigenvalue weighted by Crippen LogP contribution is -2.31. The second-order valence-electron chi connectivity index (χ2n) is 8.13. The summed E-state index contributed by atoms with van der Waals surface area (Å²) >= 11 is 0. The summed E-state index contributed by atoms with van der Waals surface area (Å²) in [5, 5.41) is 2.92. The van der Waals surface area contributed by atoms with Crippen LogP contribution in [0.5, 0.6) is 0 Å². The Morgan fingerprint density at radius 2 is 1.74 bits per heavy atom. The molecule has 1 aromatic carbocycles. The number of fused-ring (bicyclic) bond motifs is 1. The number of nitrogens with one attached hydrogen (secondary N) is 1. The van der Waals surface area contributed by atoms with Crippen LogP contribution < -0.4 is 10.2 Å². The number of benzene rings is 1. The normalized spacial score (nSPS) is 22.5. The van der Waals surface area contributed by atoms with Gasteiger partial charge in [0.05, 0.1) is 0 Å². The number of carbonyl (C=O) groups is 1. The van der Waals surface area contributed by atoms with Crippen LogP contribution >= 0.6 is 0 Å². The highest BCUT2D eigenvalue weighted by molar-refractivity contribution is 5.73. The topological polar surface area (TPSA) is 58.1 Å². The molecule has 2 heterocycles. The van der Waals surface area contributed by atoms with Crippen LogP contribution in [0, 0.1) is 11.8 Å². The first kappa shape index (κ1) is 18.0. The van der Waals surface area contributed by atoms with Crippen LogP contribution in [0.3, 0.4) is 0 Å². The summed E-state index contributed by atoms with van der Waals surface area (Å²) in [7, 11) is 0. The lowest BCUT2D eigenvalue weighted by Gasteiger charge is -2.17. The number of amides is 1. The van der Waals surface area contributed by atoms with Gasteiger partial charge < -0.3 is 10.2 Å². The third kappa shape index (κ3) is 4.12. The van der Waals surface area contributed by atoms with Crippen molar-refractivity contribution in [1.29, 1.82) is 0 Å². The molecule has 1 amide bonds. The maximum Gasteiger partial charge on any atom is 0.225 e. The van der Waals surface area contributed by atoms with Crippen LogP contribution in [0.15, 0.2) is 36.7 Å². The number of anilines is 1. The van der Waals surface area contributed by atoms with Crippen molar-refractivity contribution >= 4 is 11.9 Å². The number of hydrogen-bond donors (Lipinski definition) is 1. The first-order chi connectivity index (χ1) is 13.1. The fourth-order valence-corrected chi connectivity index (χ4v) is 4.62. The number of hydrogen-bond acceptors (Lipinski definition) is 4. The van der Waals surface area contributed by atoms with Crippen molar-refractivity contribution in [3.63, 3.8) is 0 Å². The Bertz CT molecular complexity index is 775. The van der Waals surface area contributed by atoms with Gasteiger partial charge in [-0.2, -0.15) is 0 Å². The molecular weight excluding hydrogens is 336 g/mol. The highest BCUT2D eigenvalue weighted by Crippen LogP contribution is 2.38. The van der Waals surface area contributed by atoms with Gasteiger partial charge in [-0.15, -0.1) is 0 Å². The summed E-state index contributed by atoms with van der Waals surface area (Å²) in [6.45, 7) is 5.81. The SMILES string of the molecule is CC(=O)NC(C)Cc1ccc(-c2cnc(N3CC4CCCC4C3)nc2)cc1. The van der Waals surface area contributed by atoms with Gasteiger partial charge in [0, 0.05) is 44.0 Å². The quantitative estimate of drug-likeness (QED) is 0.883. The Kier molecular flexibility index (Phi) is 5.10. The van der Waals surface area contributed by atoms with Gasteiger partial charge in [-0.25, -0.2) is 9.97 Å². The predicted molar refractivity (Wildman–Crippen MR) is 107 cm³/mol. The second-order valence-corrected chi connectivity index (χ2v) is 8.13. The predicted octanol–water partition coefficient (Wildman–Crippen LogP) is 3.45. The minimum absolute atomic E-state index is 0.0120. The minimum atomic E-state index is 0.0120. The lowest BCUT2D eigenvalue weighted by molar-refractivity contribution is -0.119. The van der Waals surface area contributed by atoms with Crippen LogP contribution in [-0.2, 0) is 11.2 Å². The third-order valence-corrected chi connectivity index (χ3v) is 5.93.